The van der Waals surface area contributed by atoms with Gasteiger partial charge in [-0.2, -0.15) is 0 Å². The first-order chi connectivity index (χ1) is 6.27. The van der Waals surface area contributed by atoms with E-state index in [0.29, 0.717) is 0 Å². The standard InChI is InChI=1S/C11H9N2/c12-11(13)10-6-5-8-3-1-2-4-9(8)7-10/h1-3,5-7H,(H3,12,13). The molecule has 3 N–H and O–H groups in total. The van der Waals surface area contributed by atoms with Crippen LogP contribution in [-0.4, -0.2) is 5.84 Å². The van der Waals surface area contributed by atoms with Gasteiger partial charge in [0.2, 0.25) is 0 Å². The van der Waals surface area contributed by atoms with Gasteiger partial charge in [-0.05, 0) is 22.9 Å². The van der Waals surface area contributed by atoms with Crippen LogP contribution in [0.2, 0.25) is 0 Å². The summed E-state index contributed by atoms with van der Waals surface area (Å²) in [6.07, 6.45) is 0. The molecular weight excluding hydrogens is 160 g/mol. The Morgan fingerprint density at radius 1 is 1.31 bits per heavy atom. The number of rotatable bonds is 1. The number of benzene rings is 2. The fourth-order valence-corrected chi connectivity index (χ4v) is 1.28. The second-order valence-corrected chi connectivity index (χ2v) is 2.89. The predicted octanol–water partition coefficient (Wildman–Crippen LogP) is 1.92. The minimum atomic E-state index is 0.0964. The summed E-state index contributed by atoms with van der Waals surface area (Å²) in [5, 5.41) is 9.39. The van der Waals surface area contributed by atoms with Crippen molar-refractivity contribution in [2.45, 2.75) is 0 Å². The maximum absolute atomic E-state index is 7.27. The molecule has 0 heterocycles. The van der Waals surface area contributed by atoms with Crippen LogP contribution in [0.4, 0.5) is 0 Å². The third kappa shape index (κ3) is 1.38. The minimum Gasteiger partial charge on any atom is -0.384 e. The molecule has 0 atom stereocenters. The highest BCUT2D eigenvalue weighted by atomic mass is 14.7. The van der Waals surface area contributed by atoms with Gasteiger partial charge in [-0.3, -0.25) is 5.41 Å². The summed E-state index contributed by atoms with van der Waals surface area (Å²) in [4.78, 5) is 0. The highest BCUT2D eigenvalue weighted by Crippen LogP contribution is 2.14. The van der Waals surface area contributed by atoms with Gasteiger partial charge < -0.3 is 5.73 Å². The van der Waals surface area contributed by atoms with Gasteiger partial charge in [0.1, 0.15) is 5.84 Å². The van der Waals surface area contributed by atoms with E-state index in [-0.39, 0.29) is 5.84 Å². The molecule has 0 aromatic heterocycles. The third-order valence-electron chi connectivity index (χ3n) is 1.98. The van der Waals surface area contributed by atoms with Crippen LogP contribution < -0.4 is 5.73 Å². The number of amidine groups is 1. The average molecular weight is 169 g/mol. The lowest BCUT2D eigenvalue weighted by molar-refractivity contribution is 1.43. The van der Waals surface area contributed by atoms with E-state index in [1.54, 1.807) is 0 Å². The summed E-state index contributed by atoms with van der Waals surface area (Å²) in [6.45, 7) is 0. The summed E-state index contributed by atoms with van der Waals surface area (Å²) in [5.74, 6) is 0.0964. The number of nitrogen functional groups attached to an aromatic ring is 1. The summed E-state index contributed by atoms with van der Waals surface area (Å²) >= 11 is 0. The SMILES string of the molecule is N=C(N)c1ccc2ccc[c]c2c1. The van der Waals surface area contributed by atoms with E-state index < -0.39 is 0 Å². The fourth-order valence-electron chi connectivity index (χ4n) is 1.28. The Labute approximate surface area is 76.5 Å². The molecule has 0 aliphatic carbocycles. The van der Waals surface area contributed by atoms with Crippen molar-refractivity contribution in [2.24, 2.45) is 5.73 Å². The molecule has 0 amide bonds. The van der Waals surface area contributed by atoms with Gasteiger partial charge in [0, 0.05) is 5.56 Å². The molecule has 0 aliphatic rings. The number of nitrogens with two attached hydrogens (primary N) is 1. The van der Waals surface area contributed by atoms with Crippen molar-refractivity contribution in [3.8, 4) is 0 Å². The van der Waals surface area contributed by atoms with Crippen molar-refractivity contribution in [1.29, 1.82) is 5.41 Å². The Hall–Kier alpha value is -1.83. The van der Waals surface area contributed by atoms with Crippen molar-refractivity contribution >= 4 is 16.6 Å². The largest absolute Gasteiger partial charge is 0.384 e. The monoisotopic (exact) mass is 169 g/mol. The molecule has 1 radical (unpaired) electrons. The highest BCUT2D eigenvalue weighted by molar-refractivity contribution is 5.98. The van der Waals surface area contributed by atoms with E-state index >= 15 is 0 Å². The molecule has 2 heteroatoms. The van der Waals surface area contributed by atoms with Gasteiger partial charge >= 0.3 is 0 Å². The van der Waals surface area contributed by atoms with E-state index in [1.165, 1.54) is 0 Å². The molecule has 0 aliphatic heterocycles. The molecule has 2 rings (SSSR count). The van der Waals surface area contributed by atoms with Crippen LogP contribution >= 0.6 is 0 Å². The molecule has 0 fully saturated rings. The third-order valence-corrected chi connectivity index (χ3v) is 1.98. The number of nitrogens with one attached hydrogen (secondary N) is 1. The zero-order valence-corrected chi connectivity index (χ0v) is 7.04. The normalized spacial score (nSPS) is 10.2. The lowest BCUT2D eigenvalue weighted by atomic mass is 10.1. The van der Waals surface area contributed by atoms with E-state index in [4.69, 9.17) is 11.1 Å². The first-order valence-electron chi connectivity index (χ1n) is 4.02. The number of fused-ring (bicyclic) bond motifs is 1. The maximum atomic E-state index is 7.27. The molecular formula is C11H9N2. The van der Waals surface area contributed by atoms with Crippen molar-refractivity contribution in [2.75, 3.05) is 0 Å². The van der Waals surface area contributed by atoms with E-state index in [2.05, 4.69) is 6.07 Å². The molecule has 13 heavy (non-hydrogen) atoms. The van der Waals surface area contributed by atoms with Crippen molar-refractivity contribution < 1.29 is 0 Å². The van der Waals surface area contributed by atoms with Gasteiger partial charge in [-0.25, -0.2) is 0 Å². The van der Waals surface area contributed by atoms with Crippen LogP contribution in [-0.2, 0) is 0 Å². The molecule has 0 bridgehead atoms. The van der Waals surface area contributed by atoms with E-state index in [9.17, 15) is 0 Å². The van der Waals surface area contributed by atoms with Crippen molar-refractivity contribution in [1.82, 2.24) is 0 Å². The summed E-state index contributed by atoms with van der Waals surface area (Å²) in [6, 6.07) is 14.6. The molecule has 0 saturated carbocycles. The molecule has 0 unspecified atom stereocenters. The topological polar surface area (TPSA) is 49.9 Å². The second-order valence-electron chi connectivity index (χ2n) is 2.89. The Morgan fingerprint density at radius 2 is 2.15 bits per heavy atom. The van der Waals surface area contributed by atoms with Crippen LogP contribution in [0.3, 0.4) is 0 Å². The Morgan fingerprint density at radius 3 is 2.92 bits per heavy atom. The van der Waals surface area contributed by atoms with Crippen LogP contribution in [0.5, 0.6) is 0 Å². The van der Waals surface area contributed by atoms with Crippen molar-refractivity contribution in [3.05, 3.63) is 48.0 Å². The molecule has 2 nitrogen and oxygen atoms in total. The molecule has 2 aromatic carbocycles. The molecule has 2 aromatic rings. The molecule has 0 spiro atoms. The zero-order chi connectivity index (χ0) is 9.26. The summed E-state index contributed by atoms with van der Waals surface area (Å²) < 4.78 is 0. The van der Waals surface area contributed by atoms with Gasteiger partial charge in [0.15, 0.2) is 0 Å². The van der Waals surface area contributed by atoms with Crippen LogP contribution in [0.15, 0.2) is 36.4 Å². The smallest absolute Gasteiger partial charge is 0.122 e. The van der Waals surface area contributed by atoms with Gasteiger partial charge in [-0.15, -0.1) is 0 Å². The lowest BCUT2D eigenvalue weighted by Gasteiger charge is -2.00. The molecule has 63 valence electrons. The van der Waals surface area contributed by atoms with E-state index in [0.717, 1.165) is 16.3 Å². The Bertz CT molecular complexity index is 460. The minimum absolute atomic E-state index is 0.0964. The first kappa shape index (κ1) is 7.80. The van der Waals surface area contributed by atoms with Gasteiger partial charge in [-0.1, -0.05) is 30.3 Å². The highest BCUT2D eigenvalue weighted by Gasteiger charge is 1.97. The Balaban J connectivity index is 2.69. The quantitative estimate of drug-likeness (QED) is 0.497. The average Bonchev–Trinajstić information content (AvgIpc) is 2.17. The van der Waals surface area contributed by atoms with Crippen LogP contribution in [0.25, 0.3) is 10.8 Å². The zero-order valence-electron chi connectivity index (χ0n) is 7.04. The number of hydrogen-bond acceptors (Lipinski definition) is 1. The lowest BCUT2D eigenvalue weighted by Crippen LogP contribution is -2.10. The summed E-state index contributed by atoms with van der Waals surface area (Å²) in [5.41, 5.74) is 6.12. The predicted molar refractivity (Wildman–Crippen MR) is 53.8 cm³/mol. The van der Waals surface area contributed by atoms with Gasteiger partial charge in [0.25, 0.3) is 0 Å². The number of hydrogen-bond donors (Lipinski definition) is 2. The first-order valence-corrected chi connectivity index (χ1v) is 4.02. The van der Waals surface area contributed by atoms with Crippen molar-refractivity contribution in [3.63, 3.8) is 0 Å². The second kappa shape index (κ2) is 2.90. The fraction of sp³-hybridized carbons (Fsp3) is 0. The maximum Gasteiger partial charge on any atom is 0.122 e. The van der Waals surface area contributed by atoms with Crippen LogP contribution in [0.1, 0.15) is 5.56 Å². The summed E-state index contributed by atoms with van der Waals surface area (Å²) in [7, 11) is 0. The van der Waals surface area contributed by atoms with Crippen LogP contribution in [0, 0.1) is 11.5 Å². The van der Waals surface area contributed by atoms with E-state index in [1.807, 2.05) is 36.4 Å². The Kier molecular flexibility index (Phi) is 1.74. The van der Waals surface area contributed by atoms with Gasteiger partial charge in [0.05, 0.1) is 0 Å². The molecule has 0 saturated heterocycles.